The van der Waals surface area contributed by atoms with Crippen LogP contribution in [0.5, 0.6) is 0 Å². The zero-order chi connectivity index (χ0) is 8.97. The van der Waals surface area contributed by atoms with Gasteiger partial charge in [-0.3, -0.25) is 4.79 Å². The number of H-pyrrole nitrogens is 1. The van der Waals surface area contributed by atoms with E-state index in [0.29, 0.717) is 5.56 Å². The van der Waals surface area contributed by atoms with Crippen LogP contribution in [0.25, 0.3) is 0 Å². The Balaban J connectivity index is 2.70. The summed E-state index contributed by atoms with van der Waals surface area (Å²) in [5, 5.41) is 8.13. The molecular formula is C7H7NO4. The van der Waals surface area contributed by atoms with Gasteiger partial charge >= 0.3 is 6.16 Å². The van der Waals surface area contributed by atoms with E-state index in [1.165, 1.54) is 12.3 Å². The molecule has 1 aromatic heterocycles. The fourth-order valence-electron chi connectivity index (χ4n) is 0.710. The highest BCUT2D eigenvalue weighted by atomic mass is 16.7. The van der Waals surface area contributed by atoms with Crippen LogP contribution in [0.1, 0.15) is 5.56 Å². The van der Waals surface area contributed by atoms with Gasteiger partial charge in [0.2, 0.25) is 0 Å². The molecule has 0 saturated heterocycles. The normalized spacial score (nSPS) is 9.33. The average Bonchev–Trinajstić information content (AvgIpc) is 2.03. The van der Waals surface area contributed by atoms with Crippen molar-refractivity contribution in [3.05, 3.63) is 34.2 Å². The molecule has 0 aliphatic carbocycles. The summed E-state index contributed by atoms with van der Waals surface area (Å²) in [4.78, 5) is 23.2. The quantitative estimate of drug-likeness (QED) is 0.634. The summed E-state index contributed by atoms with van der Waals surface area (Å²) in [5.41, 5.74) is -0.0429. The first kappa shape index (κ1) is 8.32. The number of hydrogen-bond donors (Lipinski definition) is 2. The fourth-order valence-corrected chi connectivity index (χ4v) is 0.710. The number of nitrogens with one attached hydrogen (secondary N) is 1. The number of hydrogen-bond acceptors (Lipinski definition) is 3. The van der Waals surface area contributed by atoms with Gasteiger partial charge < -0.3 is 14.8 Å². The van der Waals surface area contributed by atoms with Crippen LogP contribution < -0.4 is 5.56 Å². The zero-order valence-electron chi connectivity index (χ0n) is 6.11. The Morgan fingerprint density at radius 3 is 3.00 bits per heavy atom. The van der Waals surface area contributed by atoms with Crippen LogP contribution in [-0.4, -0.2) is 16.2 Å². The Kier molecular flexibility index (Phi) is 2.47. The number of carbonyl (C=O) groups is 1. The summed E-state index contributed by atoms with van der Waals surface area (Å²) in [5.74, 6) is 0. The van der Waals surface area contributed by atoms with Crippen LogP contribution in [-0.2, 0) is 11.3 Å². The van der Waals surface area contributed by atoms with Crippen molar-refractivity contribution in [1.29, 1.82) is 0 Å². The molecule has 0 atom stereocenters. The molecule has 5 heteroatoms. The van der Waals surface area contributed by atoms with Gasteiger partial charge in [-0.25, -0.2) is 4.79 Å². The number of aromatic amines is 1. The van der Waals surface area contributed by atoms with Crippen LogP contribution in [0, 0.1) is 0 Å². The number of pyridine rings is 1. The third-order valence-electron chi connectivity index (χ3n) is 1.25. The first-order chi connectivity index (χ1) is 5.70. The van der Waals surface area contributed by atoms with Crippen molar-refractivity contribution in [3.8, 4) is 0 Å². The smallest absolute Gasteiger partial charge is 0.450 e. The molecule has 1 heterocycles. The summed E-state index contributed by atoms with van der Waals surface area (Å²) in [6.45, 7) is -0.217. The van der Waals surface area contributed by atoms with Gasteiger partial charge in [-0.05, 0) is 12.1 Å². The molecule has 5 nitrogen and oxygen atoms in total. The van der Waals surface area contributed by atoms with E-state index in [2.05, 4.69) is 9.72 Å². The number of carboxylic acid groups (broad SMARTS) is 1. The zero-order valence-corrected chi connectivity index (χ0v) is 6.11. The molecule has 0 fully saturated rings. The maximum atomic E-state index is 10.9. The lowest BCUT2D eigenvalue weighted by molar-refractivity contribution is 0.0850. The van der Waals surface area contributed by atoms with Crippen molar-refractivity contribution < 1.29 is 14.6 Å². The molecule has 0 spiro atoms. The van der Waals surface area contributed by atoms with Gasteiger partial charge in [-0.2, -0.15) is 0 Å². The molecule has 64 valence electrons. The highest BCUT2D eigenvalue weighted by molar-refractivity contribution is 5.56. The molecule has 2 N–H and O–H groups in total. The molecule has 0 aromatic carbocycles. The Hall–Kier alpha value is -1.78. The Morgan fingerprint density at radius 1 is 1.67 bits per heavy atom. The van der Waals surface area contributed by atoms with Gasteiger partial charge in [-0.1, -0.05) is 0 Å². The average molecular weight is 169 g/mol. The van der Waals surface area contributed by atoms with E-state index in [1.54, 1.807) is 6.07 Å². The number of ether oxygens (including phenoxy) is 1. The lowest BCUT2D eigenvalue weighted by Crippen LogP contribution is -2.13. The van der Waals surface area contributed by atoms with E-state index in [4.69, 9.17) is 5.11 Å². The molecule has 1 rings (SSSR count). The van der Waals surface area contributed by atoms with Crippen molar-refractivity contribution in [2.24, 2.45) is 0 Å². The second kappa shape index (κ2) is 3.56. The highest BCUT2D eigenvalue weighted by Crippen LogP contribution is 1.92. The summed E-state index contributed by atoms with van der Waals surface area (Å²) >= 11 is 0. The van der Waals surface area contributed by atoms with Crippen molar-refractivity contribution >= 4 is 6.16 Å². The van der Waals surface area contributed by atoms with Crippen molar-refractivity contribution in [2.45, 2.75) is 6.61 Å². The van der Waals surface area contributed by atoms with E-state index in [0.717, 1.165) is 0 Å². The van der Waals surface area contributed by atoms with E-state index in [-0.39, 0.29) is 12.2 Å². The molecule has 0 saturated carbocycles. The molecule has 0 unspecified atom stereocenters. The first-order valence-corrected chi connectivity index (χ1v) is 3.22. The lowest BCUT2D eigenvalue weighted by Gasteiger charge is -1.97. The number of rotatable bonds is 2. The molecular weight excluding hydrogens is 162 g/mol. The predicted molar refractivity (Wildman–Crippen MR) is 39.9 cm³/mol. The molecule has 0 aliphatic heterocycles. The monoisotopic (exact) mass is 169 g/mol. The van der Waals surface area contributed by atoms with Crippen molar-refractivity contribution in [3.63, 3.8) is 0 Å². The molecule has 12 heavy (non-hydrogen) atoms. The van der Waals surface area contributed by atoms with Gasteiger partial charge in [0.1, 0.15) is 6.61 Å². The fraction of sp³-hybridized carbons (Fsp3) is 0.143. The lowest BCUT2D eigenvalue weighted by atomic mass is 10.3. The predicted octanol–water partition coefficient (Wildman–Crippen LogP) is 0.569. The largest absolute Gasteiger partial charge is 0.506 e. The summed E-state index contributed by atoms with van der Waals surface area (Å²) in [6, 6.07) is 3.10. The van der Waals surface area contributed by atoms with Crippen molar-refractivity contribution in [1.82, 2.24) is 4.98 Å². The van der Waals surface area contributed by atoms with Gasteiger partial charge in [-0.15, -0.1) is 0 Å². The maximum Gasteiger partial charge on any atom is 0.506 e. The van der Waals surface area contributed by atoms with E-state index in [1.807, 2.05) is 0 Å². The Labute approximate surface area is 67.6 Å². The minimum absolute atomic E-state index is 0.217. The maximum absolute atomic E-state index is 10.9. The third-order valence-corrected chi connectivity index (χ3v) is 1.25. The third kappa shape index (κ3) is 2.12. The van der Waals surface area contributed by atoms with Gasteiger partial charge in [0.25, 0.3) is 5.56 Å². The van der Waals surface area contributed by atoms with Gasteiger partial charge in [0.15, 0.2) is 0 Å². The van der Waals surface area contributed by atoms with Crippen LogP contribution >= 0.6 is 0 Å². The van der Waals surface area contributed by atoms with E-state index >= 15 is 0 Å². The van der Waals surface area contributed by atoms with Gasteiger partial charge in [0.05, 0.1) is 5.56 Å². The summed E-state index contributed by atoms with van der Waals surface area (Å²) < 4.78 is 4.21. The molecule has 0 bridgehead atoms. The molecule has 0 amide bonds. The minimum atomic E-state index is -1.39. The number of aromatic nitrogens is 1. The van der Waals surface area contributed by atoms with Gasteiger partial charge in [0, 0.05) is 6.20 Å². The van der Waals surface area contributed by atoms with E-state index in [9.17, 15) is 9.59 Å². The molecule has 0 radical (unpaired) electrons. The summed E-state index contributed by atoms with van der Waals surface area (Å²) in [6.07, 6.45) is 0.0744. The van der Waals surface area contributed by atoms with Crippen LogP contribution in [0.4, 0.5) is 4.79 Å². The molecule has 0 aliphatic rings. The van der Waals surface area contributed by atoms with E-state index < -0.39 is 6.16 Å². The second-order valence-corrected chi connectivity index (χ2v) is 2.08. The standard InChI is InChI=1S/C7H7NO4/c9-6-5(2-1-3-8-6)4-12-7(10)11/h1-3H,4H2,(H,8,9)(H,10,11). The van der Waals surface area contributed by atoms with Crippen LogP contribution in [0.15, 0.2) is 23.1 Å². The van der Waals surface area contributed by atoms with Crippen molar-refractivity contribution in [2.75, 3.05) is 0 Å². The molecule has 1 aromatic rings. The minimum Gasteiger partial charge on any atom is -0.450 e. The second-order valence-electron chi connectivity index (χ2n) is 2.08. The first-order valence-electron chi connectivity index (χ1n) is 3.22. The Morgan fingerprint density at radius 2 is 2.42 bits per heavy atom. The highest BCUT2D eigenvalue weighted by Gasteiger charge is 2.01. The van der Waals surface area contributed by atoms with Crippen LogP contribution in [0.2, 0.25) is 0 Å². The SMILES string of the molecule is O=C(O)OCc1ccc[nH]c1=O. The van der Waals surface area contributed by atoms with Crippen LogP contribution in [0.3, 0.4) is 0 Å². The topological polar surface area (TPSA) is 79.4 Å². The summed E-state index contributed by atoms with van der Waals surface area (Å²) in [7, 11) is 0. The Bertz CT molecular complexity index is 330.